The lowest BCUT2D eigenvalue weighted by molar-refractivity contribution is -0.141. The van der Waals surface area contributed by atoms with Gasteiger partial charge in [-0.3, -0.25) is 29.5 Å². The number of phenolic OH excluding ortho intramolecular Hbond substituents is 1. The van der Waals surface area contributed by atoms with E-state index < -0.39 is 46.8 Å². The van der Waals surface area contributed by atoms with Crippen LogP contribution in [0.15, 0.2) is 76.8 Å². The largest absolute Gasteiger partial charge is 0.508 e. The van der Waals surface area contributed by atoms with E-state index in [0.717, 1.165) is 10.6 Å². The molecule has 6 atom stereocenters. The Morgan fingerprint density at radius 2 is 1.73 bits per heavy atom. The van der Waals surface area contributed by atoms with E-state index in [1.807, 2.05) is 13.0 Å². The lowest BCUT2D eigenvalue weighted by Gasteiger charge is -2.50. The van der Waals surface area contributed by atoms with Gasteiger partial charge in [-0.15, -0.1) is 0 Å². The number of nitrogens with zero attached hydrogens (tertiary/aromatic N) is 2. The number of likely N-dealkylation sites (tertiary alicyclic amines) is 1. The van der Waals surface area contributed by atoms with Crippen molar-refractivity contribution in [2.45, 2.75) is 37.5 Å². The van der Waals surface area contributed by atoms with E-state index in [2.05, 4.69) is 21.4 Å². The molecule has 3 fully saturated rings. The molecule has 2 heterocycles. The Hall–Kier alpha value is -3.86. The first-order valence-electron chi connectivity index (χ1n) is 15.8. The molecule has 0 spiro atoms. The van der Waals surface area contributed by atoms with E-state index in [1.54, 1.807) is 61.7 Å². The van der Waals surface area contributed by atoms with Crippen LogP contribution < -0.4 is 10.2 Å². The highest BCUT2D eigenvalue weighted by molar-refractivity contribution is 9.10. The minimum atomic E-state index is -1.56. The first-order valence-corrected chi connectivity index (χ1v) is 17.4. The van der Waals surface area contributed by atoms with Crippen molar-refractivity contribution in [1.82, 2.24) is 9.91 Å². The maximum atomic E-state index is 15.2. The molecule has 248 valence electrons. The van der Waals surface area contributed by atoms with Gasteiger partial charge in [0.1, 0.15) is 11.5 Å². The van der Waals surface area contributed by atoms with Crippen molar-refractivity contribution in [3.8, 4) is 11.5 Å². The second kappa shape index (κ2) is 12.2. The average Bonchev–Trinajstić information content (AvgIpc) is 3.44. The third-order valence-corrected chi connectivity index (χ3v) is 11.5. The van der Waals surface area contributed by atoms with Gasteiger partial charge < -0.3 is 9.84 Å². The number of amides is 4. The molecule has 0 radical (unpaired) electrons. The second-order valence-corrected chi connectivity index (χ2v) is 14.5. The van der Waals surface area contributed by atoms with Crippen LogP contribution >= 0.6 is 39.1 Å². The Labute approximate surface area is 295 Å². The zero-order chi connectivity index (χ0) is 34.1. The summed E-state index contributed by atoms with van der Waals surface area (Å²) in [6.45, 7) is 2.23. The van der Waals surface area contributed by atoms with Crippen molar-refractivity contribution in [3.63, 3.8) is 0 Å². The van der Waals surface area contributed by atoms with Gasteiger partial charge in [-0.05, 0) is 79.3 Å². The molecule has 2 N–H and O–H groups in total. The number of benzene rings is 3. The van der Waals surface area contributed by atoms with Gasteiger partial charge in [0.15, 0.2) is 0 Å². The summed E-state index contributed by atoms with van der Waals surface area (Å²) in [6.07, 6.45) is 3.03. The Kier molecular flexibility index (Phi) is 8.33. The minimum absolute atomic E-state index is 0.0626. The van der Waals surface area contributed by atoms with Gasteiger partial charge in [0.05, 0.1) is 41.0 Å². The SMILES string of the molecule is CCCN1C(=O)[C@H]2[C@H](CC=C3[C@H]2C[C@H]2C(=O)N(Nc4ccc(Cl)cc4Cl)C(=O)[C@@]2(c2ccc(OC)cc2)[C@H]3c2cc(Br)ccc2O)C1=O. The maximum absolute atomic E-state index is 15.2. The van der Waals surface area contributed by atoms with Crippen LogP contribution in [0.3, 0.4) is 0 Å². The summed E-state index contributed by atoms with van der Waals surface area (Å²) < 4.78 is 6.10. The number of carbonyl (C=O) groups excluding carboxylic acids is 4. The molecule has 0 unspecified atom stereocenters. The standard InChI is InChI=1S/C36H32BrCl2N3O6/c1-3-14-41-32(44)23-11-10-22-24(30(23)34(41)46)17-26-33(45)42(40-28-12-7-20(38)16-27(28)39)35(47)36(26,18-4-8-21(48-2)9-5-18)31(22)25-15-19(37)6-13-29(25)43/h4-10,12-13,15-16,23-24,26,30-31,40,43H,3,11,14,17H2,1-2H3/t23-,24+,26-,30-,31+,36+/m0/s1. The molecule has 7 rings (SSSR count). The molecule has 2 aliphatic carbocycles. The maximum Gasteiger partial charge on any atom is 0.260 e. The molecule has 2 aliphatic heterocycles. The average molecular weight is 753 g/mol. The number of halogens is 3. The normalized spacial score (nSPS) is 27.9. The molecule has 4 aliphatic rings. The van der Waals surface area contributed by atoms with Gasteiger partial charge in [-0.25, -0.2) is 0 Å². The zero-order valence-electron chi connectivity index (χ0n) is 26.1. The van der Waals surface area contributed by atoms with Crippen LogP contribution in [0.2, 0.25) is 10.0 Å². The summed E-state index contributed by atoms with van der Waals surface area (Å²) in [5.41, 5.74) is 3.44. The van der Waals surface area contributed by atoms with E-state index in [9.17, 15) is 19.5 Å². The van der Waals surface area contributed by atoms with Crippen LogP contribution in [-0.4, -0.2) is 52.3 Å². The van der Waals surface area contributed by atoms with Gasteiger partial charge in [0.2, 0.25) is 11.8 Å². The minimum Gasteiger partial charge on any atom is -0.508 e. The van der Waals surface area contributed by atoms with Crippen LogP contribution in [0.4, 0.5) is 5.69 Å². The smallest absolute Gasteiger partial charge is 0.260 e. The van der Waals surface area contributed by atoms with Gasteiger partial charge >= 0.3 is 0 Å². The third-order valence-electron chi connectivity index (χ3n) is 10.4. The number of hydrogen-bond acceptors (Lipinski definition) is 7. The number of imide groups is 2. The fourth-order valence-electron chi connectivity index (χ4n) is 8.45. The lowest BCUT2D eigenvalue weighted by atomic mass is 9.49. The van der Waals surface area contributed by atoms with Gasteiger partial charge in [-0.1, -0.05) is 69.8 Å². The topological polar surface area (TPSA) is 116 Å². The quantitative estimate of drug-likeness (QED) is 0.200. The molecule has 0 aromatic heterocycles. The number of allylic oxidation sites excluding steroid dienone is 2. The van der Waals surface area contributed by atoms with Crippen molar-refractivity contribution >= 4 is 68.4 Å². The number of ether oxygens (including phenoxy) is 1. The molecule has 3 aromatic carbocycles. The molecule has 48 heavy (non-hydrogen) atoms. The van der Waals surface area contributed by atoms with E-state index in [1.165, 1.54) is 11.0 Å². The van der Waals surface area contributed by atoms with Crippen LogP contribution in [-0.2, 0) is 24.6 Å². The highest BCUT2D eigenvalue weighted by Crippen LogP contribution is 2.65. The summed E-state index contributed by atoms with van der Waals surface area (Å²) in [6, 6.07) is 16.7. The number of anilines is 1. The summed E-state index contributed by atoms with van der Waals surface area (Å²) in [5, 5.41) is 13.1. The monoisotopic (exact) mass is 751 g/mol. The van der Waals surface area contributed by atoms with Crippen LogP contribution in [0, 0.1) is 23.7 Å². The van der Waals surface area contributed by atoms with E-state index in [4.69, 9.17) is 27.9 Å². The summed E-state index contributed by atoms with van der Waals surface area (Å²) >= 11 is 16.2. The molecule has 4 amide bonds. The first-order chi connectivity index (χ1) is 23.0. The highest BCUT2D eigenvalue weighted by Gasteiger charge is 2.70. The number of hydrazine groups is 1. The lowest BCUT2D eigenvalue weighted by Crippen LogP contribution is -2.53. The van der Waals surface area contributed by atoms with Crippen molar-refractivity contribution in [3.05, 3.63) is 98.0 Å². The third kappa shape index (κ3) is 4.78. The molecule has 3 aromatic rings. The predicted molar refractivity (Wildman–Crippen MR) is 183 cm³/mol. The number of fused-ring (bicyclic) bond motifs is 4. The van der Waals surface area contributed by atoms with E-state index in [-0.39, 0.29) is 29.0 Å². The summed E-state index contributed by atoms with van der Waals surface area (Å²) in [7, 11) is 1.54. The van der Waals surface area contributed by atoms with Crippen molar-refractivity contribution in [1.29, 1.82) is 0 Å². The Morgan fingerprint density at radius 1 is 0.979 bits per heavy atom. The Morgan fingerprint density at radius 3 is 2.42 bits per heavy atom. The van der Waals surface area contributed by atoms with Gasteiger partial charge in [0.25, 0.3) is 11.8 Å². The van der Waals surface area contributed by atoms with Crippen LogP contribution in [0.25, 0.3) is 0 Å². The molecule has 12 heteroatoms. The van der Waals surface area contributed by atoms with E-state index >= 15 is 4.79 Å². The van der Waals surface area contributed by atoms with Gasteiger partial charge in [0, 0.05) is 27.5 Å². The van der Waals surface area contributed by atoms with Crippen LogP contribution in [0.1, 0.15) is 43.2 Å². The summed E-state index contributed by atoms with van der Waals surface area (Å²) in [5.74, 6) is -4.64. The fraction of sp³-hybridized carbons (Fsp3) is 0.333. The van der Waals surface area contributed by atoms with E-state index in [0.29, 0.717) is 51.4 Å². The van der Waals surface area contributed by atoms with Crippen molar-refractivity contribution in [2.75, 3.05) is 19.1 Å². The molecular formula is C36H32BrCl2N3O6. The molecule has 0 bridgehead atoms. The zero-order valence-corrected chi connectivity index (χ0v) is 29.2. The molecule has 1 saturated carbocycles. The molecule has 9 nitrogen and oxygen atoms in total. The molecular weight excluding hydrogens is 721 g/mol. The number of methoxy groups -OCH3 is 1. The number of aromatic hydroxyl groups is 1. The van der Waals surface area contributed by atoms with Crippen LogP contribution in [0.5, 0.6) is 11.5 Å². The van der Waals surface area contributed by atoms with Crippen molar-refractivity contribution in [2.24, 2.45) is 23.7 Å². The number of rotatable bonds is 7. The van der Waals surface area contributed by atoms with Gasteiger partial charge in [-0.2, -0.15) is 5.01 Å². The number of nitrogens with one attached hydrogen (secondary N) is 1. The first kappa shape index (κ1) is 32.7. The number of phenols is 1. The Bertz CT molecular complexity index is 1900. The highest BCUT2D eigenvalue weighted by atomic mass is 79.9. The predicted octanol–water partition coefficient (Wildman–Crippen LogP) is 6.87. The Balaban J connectivity index is 1.47. The summed E-state index contributed by atoms with van der Waals surface area (Å²) in [4.78, 5) is 58.8. The fourth-order valence-corrected chi connectivity index (χ4v) is 9.28. The van der Waals surface area contributed by atoms with Crippen molar-refractivity contribution < 1.29 is 29.0 Å². The molecule has 2 saturated heterocycles. The number of carbonyl (C=O) groups is 4. The number of hydrogen-bond donors (Lipinski definition) is 2. The second-order valence-electron chi connectivity index (χ2n) is 12.7.